The standard InChI is InChI=1S/C23H26N6O2S/c1-16-11-17(2)13-18(12-16)25-21(30)14-19-15-32-22(26-19)27-23(31)29-9-7-28(8-10-29)20-5-3-4-6-24-20/h3-6,11-13,15H,7-10,14H2,1-2H3,(H,25,30)(H,26,27,31). The average molecular weight is 451 g/mol. The Bertz CT molecular complexity index is 1070. The first-order chi connectivity index (χ1) is 15.5. The molecule has 0 aliphatic carbocycles. The zero-order valence-electron chi connectivity index (χ0n) is 18.2. The second kappa shape index (κ2) is 9.78. The Kier molecular flexibility index (Phi) is 6.65. The quantitative estimate of drug-likeness (QED) is 0.619. The summed E-state index contributed by atoms with van der Waals surface area (Å²) in [5.74, 6) is 0.792. The van der Waals surface area contributed by atoms with Crippen LogP contribution in [0.4, 0.5) is 21.4 Å². The molecule has 3 heterocycles. The first-order valence-corrected chi connectivity index (χ1v) is 11.4. The molecule has 2 N–H and O–H groups in total. The van der Waals surface area contributed by atoms with E-state index in [0.717, 1.165) is 35.7 Å². The molecule has 32 heavy (non-hydrogen) atoms. The third-order valence-corrected chi connectivity index (χ3v) is 5.96. The van der Waals surface area contributed by atoms with E-state index >= 15 is 0 Å². The molecule has 3 aromatic rings. The maximum Gasteiger partial charge on any atom is 0.323 e. The van der Waals surface area contributed by atoms with Crippen molar-refractivity contribution in [2.75, 3.05) is 41.7 Å². The second-order valence-electron chi connectivity index (χ2n) is 7.84. The lowest BCUT2D eigenvalue weighted by atomic mass is 10.1. The molecule has 1 aromatic carbocycles. The summed E-state index contributed by atoms with van der Waals surface area (Å²) in [6.07, 6.45) is 1.93. The zero-order chi connectivity index (χ0) is 22.5. The molecule has 166 valence electrons. The van der Waals surface area contributed by atoms with Crippen molar-refractivity contribution in [3.05, 3.63) is 64.8 Å². The number of carbonyl (C=O) groups excluding carboxylic acids is 2. The van der Waals surface area contributed by atoms with Crippen LogP contribution in [-0.2, 0) is 11.2 Å². The highest BCUT2D eigenvalue weighted by atomic mass is 32.1. The predicted octanol–water partition coefficient (Wildman–Crippen LogP) is 3.69. The van der Waals surface area contributed by atoms with Crippen molar-refractivity contribution in [1.82, 2.24) is 14.9 Å². The number of benzene rings is 1. The molecule has 1 aliphatic heterocycles. The monoisotopic (exact) mass is 450 g/mol. The van der Waals surface area contributed by atoms with E-state index in [1.165, 1.54) is 11.3 Å². The Morgan fingerprint density at radius 2 is 1.78 bits per heavy atom. The van der Waals surface area contributed by atoms with Crippen molar-refractivity contribution < 1.29 is 9.59 Å². The highest BCUT2D eigenvalue weighted by Crippen LogP contribution is 2.19. The fourth-order valence-corrected chi connectivity index (χ4v) is 4.41. The topological polar surface area (TPSA) is 90.5 Å². The molecule has 4 rings (SSSR count). The van der Waals surface area contributed by atoms with E-state index < -0.39 is 0 Å². The number of piperazine rings is 1. The number of aryl methyl sites for hydroxylation is 2. The van der Waals surface area contributed by atoms with Gasteiger partial charge in [-0.1, -0.05) is 12.1 Å². The van der Waals surface area contributed by atoms with Crippen LogP contribution in [-0.4, -0.2) is 53.0 Å². The minimum absolute atomic E-state index is 0.135. The molecule has 1 aliphatic rings. The van der Waals surface area contributed by atoms with Crippen LogP contribution in [0.25, 0.3) is 0 Å². The molecule has 1 fully saturated rings. The summed E-state index contributed by atoms with van der Waals surface area (Å²) < 4.78 is 0. The van der Waals surface area contributed by atoms with Crippen LogP contribution in [0, 0.1) is 13.8 Å². The normalized spacial score (nSPS) is 13.7. The summed E-state index contributed by atoms with van der Waals surface area (Å²) in [7, 11) is 0. The molecular formula is C23H26N6O2S. The SMILES string of the molecule is Cc1cc(C)cc(NC(=O)Cc2csc(NC(=O)N3CCN(c4ccccn4)CC3)n2)c1. The van der Waals surface area contributed by atoms with Gasteiger partial charge in [0, 0.05) is 43.4 Å². The van der Waals surface area contributed by atoms with Crippen molar-refractivity contribution >= 4 is 39.9 Å². The fourth-order valence-electron chi connectivity index (χ4n) is 3.71. The number of hydrogen-bond donors (Lipinski definition) is 2. The van der Waals surface area contributed by atoms with Gasteiger partial charge in [0.1, 0.15) is 5.82 Å². The summed E-state index contributed by atoms with van der Waals surface area (Å²) in [6.45, 7) is 6.67. The Labute approximate surface area is 191 Å². The van der Waals surface area contributed by atoms with Gasteiger partial charge in [-0.15, -0.1) is 11.3 Å². The van der Waals surface area contributed by atoms with E-state index in [0.29, 0.717) is 23.9 Å². The number of hydrogen-bond acceptors (Lipinski definition) is 6. The second-order valence-corrected chi connectivity index (χ2v) is 8.70. The van der Waals surface area contributed by atoms with Gasteiger partial charge < -0.3 is 15.1 Å². The van der Waals surface area contributed by atoms with Crippen LogP contribution in [0.2, 0.25) is 0 Å². The molecule has 0 unspecified atom stereocenters. The van der Waals surface area contributed by atoms with Crippen molar-refractivity contribution in [1.29, 1.82) is 0 Å². The van der Waals surface area contributed by atoms with Crippen LogP contribution < -0.4 is 15.5 Å². The molecule has 9 heteroatoms. The van der Waals surface area contributed by atoms with Crippen molar-refractivity contribution in [3.63, 3.8) is 0 Å². The van der Waals surface area contributed by atoms with Crippen molar-refractivity contribution in [2.24, 2.45) is 0 Å². The van der Waals surface area contributed by atoms with Crippen LogP contribution in [0.5, 0.6) is 0 Å². The first kappa shape index (κ1) is 21.8. The summed E-state index contributed by atoms with van der Waals surface area (Å²) in [5, 5.41) is 8.06. The summed E-state index contributed by atoms with van der Waals surface area (Å²) >= 11 is 1.32. The van der Waals surface area contributed by atoms with E-state index in [1.807, 2.05) is 44.2 Å². The maximum absolute atomic E-state index is 12.6. The van der Waals surface area contributed by atoms with Crippen LogP contribution in [0.15, 0.2) is 48.0 Å². The highest BCUT2D eigenvalue weighted by Gasteiger charge is 2.22. The van der Waals surface area contributed by atoms with E-state index in [-0.39, 0.29) is 18.4 Å². The number of pyridine rings is 1. The Morgan fingerprint density at radius 3 is 2.47 bits per heavy atom. The largest absolute Gasteiger partial charge is 0.353 e. The van der Waals surface area contributed by atoms with E-state index in [1.54, 1.807) is 16.5 Å². The number of carbonyl (C=O) groups is 2. The van der Waals surface area contributed by atoms with Crippen molar-refractivity contribution in [3.8, 4) is 0 Å². The van der Waals surface area contributed by atoms with Gasteiger partial charge >= 0.3 is 6.03 Å². The third-order valence-electron chi connectivity index (χ3n) is 5.15. The molecule has 1 saturated heterocycles. The molecule has 3 amide bonds. The Morgan fingerprint density at radius 1 is 1.03 bits per heavy atom. The molecule has 2 aromatic heterocycles. The number of urea groups is 1. The van der Waals surface area contributed by atoms with Crippen LogP contribution >= 0.6 is 11.3 Å². The van der Waals surface area contributed by atoms with Gasteiger partial charge in [0.2, 0.25) is 5.91 Å². The number of anilines is 3. The number of nitrogens with one attached hydrogen (secondary N) is 2. The molecule has 0 radical (unpaired) electrons. The summed E-state index contributed by atoms with van der Waals surface area (Å²) in [6, 6.07) is 11.6. The van der Waals surface area contributed by atoms with Gasteiger partial charge in [0.15, 0.2) is 5.13 Å². The molecule has 0 bridgehead atoms. The van der Waals surface area contributed by atoms with Crippen molar-refractivity contribution in [2.45, 2.75) is 20.3 Å². The number of aromatic nitrogens is 2. The van der Waals surface area contributed by atoms with E-state index in [2.05, 4.69) is 31.6 Å². The molecular weight excluding hydrogens is 424 g/mol. The first-order valence-electron chi connectivity index (χ1n) is 10.5. The van der Waals surface area contributed by atoms with Gasteiger partial charge in [-0.05, 0) is 49.2 Å². The van der Waals surface area contributed by atoms with Gasteiger partial charge in [0.25, 0.3) is 0 Å². The molecule has 0 atom stereocenters. The van der Waals surface area contributed by atoms with Crippen LogP contribution in [0.3, 0.4) is 0 Å². The van der Waals surface area contributed by atoms with Gasteiger partial charge in [-0.25, -0.2) is 14.8 Å². The lowest BCUT2D eigenvalue weighted by Crippen LogP contribution is -2.50. The van der Waals surface area contributed by atoms with Crippen LogP contribution in [0.1, 0.15) is 16.8 Å². The number of nitrogens with zero attached hydrogens (tertiary/aromatic N) is 4. The van der Waals surface area contributed by atoms with E-state index in [9.17, 15) is 9.59 Å². The van der Waals surface area contributed by atoms with Gasteiger partial charge in [-0.3, -0.25) is 10.1 Å². The molecule has 0 saturated carbocycles. The molecule has 0 spiro atoms. The maximum atomic E-state index is 12.6. The highest BCUT2D eigenvalue weighted by molar-refractivity contribution is 7.13. The number of thiazole rings is 1. The van der Waals surface area contributed by atoms with Gasteiger partial charge in [-0.2, -0.15) is 0 Å². The Hall–Kier alpha value is -3.46. The van der Waals surface area contributed by atoms with E-state index in [4.69, 9.17) is 0 Å². The predicted molar refractivity (Wildman–Crippen MR) is 127 cm³/mol. The number of rotatable bonds is 5. The zero-order valence-corrected chi connectivity index (χ0v) is 19.0. The summed E-state index contributed by atoms with van der Waals surface area (Å²) in [4.78, 5) is 37.7. The fraction of sp³-hybridized carbons (Fsp3) is 0.304. The Balaban J connectivity index is 1.26. The van der Waals surface area contributed by atoms with Gasteiger partial charge in [0.05, 0.1) is 12.1 Å². The lowest BCUT2D eigenvalue weighted by Gasteiger charge is -2.35. The average Bonchev–Trinajstić information content (AvgIpc) is 3.20. The minimum atomic E-state index is -0.175. The number of amides is 3. The third kappa shape index (κ3) is 5.61. The molecule has 8 nitrogen and oxygen atoms in total. The lowest BCUT2D eigenvalue weighted by molar-refractivity contribution is -0.115. The summed E-state index contributed by atoms with van der Waals surface area (Å²) in [5.41, 5.74) is 3.60. The minimum Gasteiger partial charge on any atom is -0.353 e. The smallest absolute Gasteiger partial charge is 0.323 e.